The van der Waals surface area contributed by atoms with E-state index in [1.807, 2.05) is 0 Å². The van der Waals surface area contributed by atoms with Crippen LogP contribution >= 0.6 is 7.51 Å². The van der Waals surface area contributed by atoms with E-state index in [0.29, 0.717) is 11.8 Å². The van der Waals surface area contributed by atoms with Crippen molar-refractivity contribution in [3.63, 3.8) is 0 Å². The summed E-state index contributed by atoms with van der Waals surface area (Å²) in [6.07, 6.45) is 2.15. The van der Waals surface area contributed by atoms with Crippen molar-refractivity contribution in [3.8, 4) is 0 Å². The largest absolute Gasteiger partial charge is 0.244 e. The lowest BCUT2D eigenvalue weighted by Gasteiger charge is -2.41. The quantitative estimate of drug-likeness (QED) is 0.193. The molecule has 2 aliphatic heterocycles. The molecular formula is C42H55N4P. The molecule has 4 nitrogen and oxygen atoms in total. The van der Waals surface area contributed by atoms with Crippen molar-refractivity contribution in [1.29, 1.82) is 0 Å². The lowest BCUT2D eigenvalue weighted by Crippen LogP contribution is -2.50. The van der Waals surface area contributed by atoms with Gasteiger partial charge in [-0.25, -0.2) is 19.2 Å². The Morgan fingerprint density at radius 3 is 1.26 bits per heavy atom. The lowest BCUT2D eigenvalue weighted by molar-refractivity contribution is 0.201. The normalized spacial score (nSPS) is 25.1. The van der Waals surface area contributed by atoms with E-state index < -0.39 is 18.6 Å². The van der Waals surface area contributed by atoms with Crippen molar-refractivity contribution >= 4 is 7.51 Å². The van der Waals surface area contributed by atoms with E-state index in [9.17, 15) is 0 Å². The van der Waals surface area contributed by atoms with Crippen LogP contribution in [0.3, 0.4) is 0 Å². The van der Waals surface area contributed by atoms with Crippen molar-refractivity contribution in [3.05, 3.63) is 142 Å². The Labute approximate surface area is 284 Å². The molecule has 1 unspecified atom stereocenters. The van der Waals surface area contributed by atoms with Gasteiger partial charge in [0.25, 0.3) is 0 Å². The van der Waals surface area contributed by atoms with E-state index >= 15 is 0 Å². The van der Waals surface area contributed by atoms with Gasteiger partial charge in [-0.05, 0) is 75.9 Å². The maximum Gasteiger partial charge on any atom is 0.167 e. The molecule has 1 N–H and O–H groups in total. The third-order valence-corrected chi connectivity index (χ3v) is 15.0. The molecule has 248 valence electrons. The fourth-order valence-electron chi connectivity index (χ4n) is 8.56. The zero-order valence-corrected chi connectivity index (χ0v) is 31.1. The van der Waals surface area contributed by atoms with Crippen LogP contribution in [0.1, 0.15) is 85.0 Å². The zero-order valence-electron chi connectivity index (χ0n) is 30.3. The Bertz CT molecular complexity index is 1650. The van der Waals surface area contributed by atoms with Crippen LogP contribution in [0.4, 0.5) is 0 Å². The molecule has 4 aromatic carbocycles. The van der Waals surface area contributed by atoms with Crippen LogP contribution in [0, 0.1) is 39.5 Å². The minimum atomic E-state index is -2.54. The van der Waals surface area contributed by atoms with Crippen LogP contribution in [0.15, 0.2) is 102 Å². The summed E-state index contributed by atoms with van der Waals surface area (Å²) in [7, 11) is 2.20. The Balaban J connectivity index is 1.73. The molecule has 0 saturated carbocycles. The van der Waals surface area contributed by atoms with Gasteiger partial charge in [0.15, 0.2) is 7.51 Å². The number of hydrogen-bond donors (Lipinski definition) is 1. The average molecular weight is 647 g/mol. The number of aryl methyl sites for hydroxylation is 4. The summed E-state index contributed by atoms with van der Waals surface area (Å²) >= 11 is 0. The second-order valence-electron chi connectivity index (χ2n) is 14.6. The van der Waals surface area contributed by atoms with Gasteiger partial charge in [0, 0.05) is 6.04 Å². The van der Waals surface area contributed by atoms with E-state index in [4.69, 9.17) is 4.74 Å². The van der Waals surface area contributed by atoms with E-state index in [-0.39, 0.29) is 12.1 Å². The topological polar surface area (TPSA) is 30.9 Å². The first-order chi connectivity index (χ1) is 22.4. The Morgan fingerprint density at radius 2 is 0.894 bits per heavy atom. The second kappa shape index (κ2) is 12.8. The smallest absolute Gasteiger partial charge is 0.167 e. The van der Waals surface area contributed by atoms with Gasteiger partial charge < -0.3 is 0 Å². The van der Waals surface area contributed by atoms with Gasteiger partial charge >= 0.3 is 0 Å². The number of rotatable bonds is 8. The molecule has 4 aromatic rings. The number of hydrogen-bond acceptors (Lipinski definition) is 4. The molecule has 1 fully saturated rings. The molecule has 0 aliphatic carbocycles. The van der Waals surface area contributed by atoms with Crippen molar-refractivity contribution < 1.29 is 0 Å². The first-order valence-corrected chi connectivity index (χ1v) is 19.3. The molecule has 0 bridgehead atoms. The summed E-state index contributed by atoms with van der Waals surface area (Å²) in [4.78, 5) is 0. The predicted molar refractivity (Wildman–Crippen MR) is 201 cm³/mol. The Kier molecular flexibility index (Phi) is 9.22. The maximum absolute atomic E-state index is 6.36. The molecule has 5 heteroatoms. The molecule has 2 aliphatic rings. The standard InChI is InChI=1S/C42H55N4P/c1-11-33(7)39-41(35-21-13-29(3)14-22-35,36-23-15-30(4)16-24-36)43-47(45(39)9)44-42(37-25-17-31(5)18-26-37,38-27-19-32(6)20-28-38)40(46(47)10)34(8)12-2/h13-28,33-34,39-40,43H,11-12H2,1-10H3/t33-,34-,39-,40-,47?/m0/s1. The van der Waals surface area contributed by atoms with Crippen LogP contribution in [0.5, 0.6) is 0 Å². The molecule has 6 rings (SSSR count). The Hall–Kier alpha value is -3.01. The van der Waals surface area contributed by atoms with Gasteiger partial charge in [-0.2, -0.15) is 0 Å². The second-order valence-corrected chi connectivity index (χ2v) is 17.4. The van der Waals surface area contributed by atoms with Crippen molar-refractivity contribution in [2.24, 2.45) is 16.6 Å². The molecule has 0 radical (unpaired) electrons. The number of benzene rings is 4. The predicted octanol–water partition coefficient (Wildman–Crippen LogP) is 10.4. The SMILES string of the molecule is CC[C@H](C)[C@@H]1N(C)P2(=NC1(c1ccc(C)cc1)c1ccc(C)cc1)NC(c1ccc(C)cc1)(c1ccc(C)cc1)[C@H]([C@@H](C)CC)N2C. The highest BCUT2D eigenvalue weighted by molar-refractivity contribution is 7.60. The molecule has 2 heterocycles. The average Bonchev–Trinajstić information content (AvgIpc) is 3.49. The third kappa shape index (κ3) is 5.28. The van der Waals surface area contributed by atoms with Crippen LogP contribution in [-0.2, 0) is 11.1 Å². The zero-order chi connectivity index (χ0) is 33.7. The summed E-state index contributed by atoms with van der Waals surface area (Å²) < 4.78 is 11.8. The maximum atomic E-state index is 6.36. The first kappa shape index (κ1) is 33.9. The fraction of sp³-hybridized carbons (Fsp3) is 0.429. The van der Waals surface area contributed by atoms with Gasteiger partial charge in [0.1, 0.15) is 5.54 Å². The number of nitrogens with one attached hydrogen (secondary N) is 1. The minimum Gasteiger partial charge on any atom is -0.244 e. The monoisotopic (exact) mass is 646 g/mol. The van der Waals surface area contributed by atoms with Crippen LogP contribution in [-0.4, -0.2) is 35.5 Å². The van der Waals surface area contributed by atoms with E-state index in [0.717, 1.165) is 12.8 Å². The molecule has 47 heavy (non-hydrogen) atoms. The molecule has 1 spiro atoms. The van der Waals surface area contributed by atoms with Gasteiger partial charge in [0.2, 0.25) is 0 Å². The number of nitrogens with zero attached hydrogens (tertiary/aromatic N) is 3. The van der Waals surface area contributed by atoms with Gasteiger partial charge in [-0.3, -0.25) is 0 Å². The first-order valence-electron chi connectivity index (χ1n) is 17.6. The highest BCUT2D eigenvalue weighted by Crippen LogP contribution is 2.73. The summed E-state index contributed by atoms with van der Waals surface area (Å²) in [5.74, 6) is 0.811. The van der Waals surface area contributed by atoms with Gasteiger partial charge in [0.05, 0.1) is 11.6 Å². The molecule has 1 saturated heterocycles. The highest BCUT2D eigenvalue weighted by atomic mass is 31.2. The molecule has 5 atom stereocenters. The van der Waals surface area contributed by atoms with E-state index in [2.05, 4.69) is 181 Å². The number of likely N-dealkylation sites (N-methyl/N-ethyl adjacent to an activating group) is 2. The molecule has 0 aromatic heterocycles. The third-order valence-electron chi connectivity index (χ3n) is 11.5. The Morgan fingerprint density at radius 1 is 0.574 bits per heavy atom. The van der Waals surface area contributed by atoms with Crippen LogP contribution in [0.2, 0.25) is 0 Å². The van der Waals surface area contributed by atoms with Crippen molar-refractivity contribution in [2.45, 2.75) is 91.4 Å². The van der Waals surface area contributed by atoms with E-state index in [1.165, 1.54) is 44.5 Å². The van der Waals surface area contributed by atoms with Gasteiger partial charge in [-0.1, -0.05) is 160 Å². The highest BCUT2D eigenvalue weighted by Gasteiger charge is 2.65. The summed E-state index contributed by atoms with van der Waals surface area (Å²) in [5, 5.41) is 4.54. The molecule has 0 amide bonds. The summed E-state index contributed by atoms with van der Waals surface area (Å²) in [6.45, 7) is 18.3. The fourth-order valence-corrected chi connectivity index (χ4v) is 12.8. The molecular weight excluding hydrogens is 591 g/mol. The van der Waals surface area contributed by atoms with Crippen molar-refractivity contribution in [2.75, 3.05) is 14.1 Å². The lowest BCUT2D eigenvalue weighted by atomic mass is 9.72. The summed E-state index contributed by atoms with van der Waals surface area (Å²) in [6, 6.07) is 37.4. The van der Waals surface area contributed by atoms with Crippen molar-refractivity contribution in [1.82, 2.24) is 14.4 Å². The van der Waals surface area contributed by atoms with Crippen LogP contribution < -0.4 is 5.09 Å². The van der Waals surface area contributed by atoms with Gasteiger partial charge in [-0.15, -0.1) is 0 Å². The minimum absolute atomic E-state index is 0.158. The van der Waals surface area contributed by atoms with E-state index in [1.54, 1.807) is 0 Å². The van der Waals surface area contributed by atoms with Crippen LogP contribution in [0.25, 0.3) is 0 Å². The summed E-state index contributed by atoms with van der Waals surface area (Å²) in [5.41, 5.74) is 9.29.